The van der Waals surface area contributed by atoms with Crippen LogP contribution in [0.3, 0.4) is 0 Å². The van der Waals surface area contributed by atoms with Gasteiger partial charge in [-0.15, -0.1) is 0 Å². The van der Waals surface area contributed by atoms with Crippen LogP contribution in [0.15, 0.2) is 94.0 Å². The molecule has 4 rings (SSSR count). The number of aliphatic hydroxyl groups is 1. The predicted octanol–water partition coefficient (Wildman–Crippen LogP) is 7.00. The molecule has 190 valence electrons. The summed E-state index contributed by atoms with van der Waals surface area (Å²) in [6.45, 7) is 4.17. The third-order valence-corrected chi connectivity index (χ3v) is 6.28. The zero-order valence-corrected chi connectivity index (χ0v) is 21.3. The van der Waals surface area contributed by atoms with Gasteiger partial charge in [0, 0.05) is 5.56 Å². The molecular weight excluding hydrogens is 493 g/mol. The zero-order chi connectivity index (χ0) is 26.2. The molecule has 0 aromatic heterocycles. The summed E-state index contributed by atoms with van der Waals surface area (Å²) < 4.78 is 30.7. The molecule has 1 N–H and O–H groups in total. The van der Waals surface area contributed by atoms with Crippen molar-refractivity contribution in [3.63, 3.8) is 0 Å². The van der Waals surface area contributed by atoms with Crippen molar-refractivity contribution >= 4 is 34.5 Å². The van der Waals surface area contributed by atoms with Gasteiger partial charge in [0.25, 0.3) is 0 Å². The van der Waals surface area contributed by atoms with Crippen LogP contribution < -0.4 is 9.47 Å². The molecule has 37 heavy (non-hydrogen) atoms. The Labute approximate surface area is 219 Å². The highest BCUT2D eigenvalue weighted by atomic mass is 32.2. The maximum absolute atomic E-state index is 14.0. The maximum atomic E-state index is 14.0. The number of ether oxygens (including phenoxy) is 3. The van der Waals surface area contributed by atoms with E-state index in [-0.39, 0.29) is 30.4 Å². The van der Waals surface area contributed by atoms with Gasteiger partial charge in [0.2, 0.25) is 0 Å². The lowest BCUT2D eigenvalue weighted by Crippen LogP contribution is -2.12. The van der Waals surface area contributed by atoms with Crippen molar-refractivity contribution in [1.82, 2.24) is 0 Å². The van der Waals surface area contributed by atoms with Crippen LogP contribution in [0, 0.1) is 5.82 Å². The van der Waals surface area contributed by atoms with Gasteiger partial charge in [-0.2, -0.15) is 0 Å². The number of para-hydroxylation sites is 1. The Kier molecular flexibility index (Phi) is 8.64. The number of carbonyl (C=O) groups excluding carboxylic acids is 1. The average Bonchev–Trinajstić information content (AvgIpc) is 3.19. The van der Waals surface area contributed by atoms with Crippen molar-refractivity contribution in [2.24, 2.45) is 4.99 Å². The highest BCUT2D eigenvalue weighted by molar-refractivity contribution is 8.18. The van der Waals surface area contributed by atoms with Crippen LogP contribution in [-0.2, 0) is 16.1 Å². The number of thioether (sulfide) groups is 1. The van der Waals surface area contributed by atoms with Gasteiger partial charge in [-0.05, 0) is 55.8 Å². The van der Waals surface area contributed by atoms with E-state index in [0.29, 0.717) is 44.9 Å². The Balaban J connectivity index is 1.64. The summed E-state index contributed by atoms with van der Waals surface area (Å²) >= 11 is 1.18. The highest BCUT2D eigenvalue weighted by Gasteiger charge is 2.33. The maximum Gasteiger partial charge on any atom is 0.344 e. The van der Waals surface area contributed by atoms with Crippen molar-refractivity contribution in [1.29, 1.82) is 0 Å². The van der Waals surface area contributed by atoms with Crippen molar-refractivity contribution in [3.05, 3.63) is 106 Å². The quantitative estimate of drug-likeness (QED) is 0.307. The van der Waals surface area contributed by atoms with Gasteiger partial charge in [0.1, 0.15) is 28.8 Å². The van der Waals surface area contributed by atoms with Crippen molar-refractivity contribution in [2.75, 3.05) is 13.2 Å². The molecule has 1 heterocycles. The Morgan fingerprint density at radius 2 is 1.73 bits per heavy atom. The van der Waals surface area contributed by atoms with E-state index in [2.05, 4.69) is 4.99 Å². The third kappa shape index (κ3) is 6.40. The van der Waals surface area contributed by atoms with Crippen LogP contribution in [0.2, 0.25) is 0 Å². The fraction of sp³-hybridized carbons (Fsp3) is 0.172. The molecule has 0 amide bonds. The molecule has 0 fully saturated rings. The molecule has 0 radical (unpaired) electrons. The molecule has 6 nitrogen and oxygen atoms in total. The van der Waals surface area contributed by atoms with Gasteiger partial charge >= 0.3 is 5.97 Å². The molecule has 8 heteroatoms. The van der Waals surface area contributed by atoms with Crippen LogP contribution >= 0.6 is 11.8 Å². The summed E-state index contributed by atoms with van der Waals surface area (Å²) in [6.07, 6.45) is 1.73. The van der Waals surface area contributed by atoms with Gasteiger partial charge in [0.05, 0.1) is 23.8 Å². The number of aliphatic hydroxyl groups excluding tert-OH is 1. The number of esters is 1. The minimum absolute atomic E-state index is 0.0248. The normalized spacial score (nSPS) is 15.3. The van der Waals surface area contributed by atoms with Crippen molar-refractivity contribution < 1.29 is 28.5 Å². The van der Waals surface area contributed by atoms with E-state index in [1.165, 1.54) is 17.8 Å². The Morgan fingerprint density at radius 3 is 2.46 bits per heavy atom. The molecule has 0 saturated heterocycles. The van der Waals surface area contributed by atoms with Gasteiger partial charge in [-0.1, -0.05) is 54.2 Å². The predicted molar refractivity (Wildman–Crippen MR) is 144 cm³/mol. The monoisotopic (exact) mass is 519 g/mol. The molecule has 0 unspecified atom stereocenters. The molecule has 0 bridgehead atoms. The number of carbonyl (C=O) groups is 1. The summed E-state index contributed by atoms with van der Waals surface area (Å²) in [6, 6.07) is 20.9. The number of hydrogen-bond acceptors (Lipinski definition) is 7. The van der Waals surface area contributed by atoms with Gasteiger partial charge in [-0.3, -0.25) is 0 Å². The van der Waals surface area contributed by atoms with E-state index in [9.17, 15) is 14.3 Å². The van der Waals surface area contributed by atoms with Crippen LogP contribution in [0.25, 0.3) is 6.08 Å². The summed E-state index contributed by atoms with van der Waals surface area (Å²) in [7, 11) is 0. The number of benzene rings is 3. The van der Waals surface area contributed by atoms with E-state index in [1.807, 2.05) is 37.3 Å². The molecule has 3 aromatic carbocycles. The Bertz CT molecular complexity index is 1370. The van der Waals surface area contributed by atoms with E-state index < -0.39 is 5.97 Å². The van der Waals surface area contributed by atoms with Crippen molar-refractivity contribution in [3.8, 4) is 11.5 Å². The fourth-order valence-electron chi connectivity index (χ4n) is 3.54. The average molecular weight is 520 g/mol. The summed E-state index contributed by atoms with van der Waals surface area (Å²) in [5.41, 5.74) is 1.82. The second kappa shape index (κ2) is 12.3. The Hall–Kier alpha value is -4.04. The van der Waals surface area contributed by atoms with Crippen LogP contribution in [-0.4, -0.2) is 29.3 Å². The molecule has 3 aromatic rings. The van der Waals surface area contributed by atoms with Crippen LogP contribution in [0.5, 0.6) is 11.5 Å². The summed E-state index contributed by atoms with van der Waals surface area (Å²) in [5, 5.41) is 11.3. The lowest BCUT2D eigenvalue weighted by atomic mass is 10.1. The third-order valence-electron chi connectivity index (χ3n) is 5.26. The van der Waals surface area contributed by atoms with E-state index in [1.54, 1.807) is 49.4 Å². The first-order valence-electron chi connectivity index (χ1n) is 11.8. The van der Waals surface area contributed by atoms with E-state index >= 15 is 0 Å². The molecule has 0 atom stereocenters. The van der Waals surface area contributed by atoms with E-state index in [0.717, 1.165) is 0 Å². The molecule has 1 aliphatic heterocycles. The largest absolute Gasteiger partial charge is 0.506 e. The second-order valence-corrected chi connectivity index (χ2v) is 8.86. The van der Waals surface area contributed by atoms with Gasteiger partial charge < -0.3 is 19.3 Å². The van der Waals surface area contributed by atoms with Crippen molar-refractivity contribution in [2.45, 2.75) is 20.5 Å². The Morgan fingerprint density at radius 1 is 0.973 bits per heavy atom. The topological polar surface area (TPSA) is 77.4 Å². The van der Waals surface area contributed by atoms with Gasteiger partial charge in [0.15, 0.2) is 11.5 Å². The standard InChI is InChI=1S/C29H26FNO5S/c1-3-34-24-16-19(14-15-23(24)36-18-20-10-8-9-13-22(20)30)17-25-27(32)26(29(33)35-4-2)28(37-25)31-21-11-6-5-7-12-21/h5-17,32H,3-4,18H2,1-2H3/b25-17-,31-28?. The minimum Gasteiger partial charge on any atom is -0.506 e. The molecule has 0 aliphatic carbocycles. The lowest BCUT2D eigenvalue weighted by Gasteiger charge is -2.13. The van der Waals surface area contributed by atoms with Crippen LogP contribution in [0.4, 0.5) is 10.1 Å². The number of halogens is 1. The second-order valence-electron chi connectivity index (χ2n) is 7.83. The fourth-order valence-corrected chi connectivity index (χ4v) is 4.57. The van der Waals surface area contributed by atoms with Gasteiger partial charge in [-0.25, -0.2) is 14.2 Å². The first kappa shape index (κ1) is 26.0. The SMILES string of the molecule is CCOC(=O)C1=C(O)/C(=C/c2ccc(OCc3ccccc3F)c(OCC)c2)SC1=Nc1ccccc1. The zero-order valence-electron chi connectivity index (χ0n) is 20.4. The minimum atomic E-state index is -0.641. The molecular formula is C29H26FNO5S. The number of nitrogens with zero attached hydrogens (tertiary/aromatic N) is 1. The smallest absolute Gasteiger partial charge is 0.344 e. The summed E-state index contributed by atoms with van der Waals surface area (Å²) in [4.78, 5) is 17.6. The number of rotatable bonds is 9. The highest BCUT2D eigenvalue weighted by Crippen LogP contribution is 2.41. The molecule has 1 aliphatic rings. The number of hydrogen-bond donors (Lipinski definition) is 1. The number of aliphatic imine (C=N–C) groups is 1. The lowest BCUT2D eigenvalue weighted by molar-refractivity contribution is -0.138. The summed E-state index contributed by atoms with van der Waals surface area (Å²) in [5.74, 6) is -0.241. The first-order valence-corrected chi connectivity index (χ1v) is 12.6. The van der Waals surface area contributed by atoms with E-state index in [4.69, 9.17) is 14.2 Å². The molecule has 0 saturated carbocycles. The molecule has 0 spiro atoms. The van der Waals surface area contributed by atoms with Crippen LogP contribution in [0.1, 0.15) is 25.0 Å². The first-order chi connectivity index (χ1) is 18.0.